The molecule has 1 aliphatic heterocycles. The molecule has 0 bridgehead atoms. The number of fused-ring (bicyclic) bond motifs is 1. The number of nitrogens with one attached hydrogen (secondary N) is 1. The van der Waals surface area contributed by atoms with E-state index >= 15 is 0 Å². The summed E-state index contributed by atoms with van der Waals surface area (Å²) in [4.78, 5) is 7.01. The van der Waals surface area contributed by atoms with E-state index in [0.29, 0.717) is 0 Å². The van der Waals surface area contributed by atoms with Crippen molar-refractivity contribution < 1.29 is 0 Å². The van der Waals surface area contributed by atoms with Crippen molar-refractivity contribution in [2.75, 3.05) is 18.0 Å². The minimum Gasteiger partial charge on any atom is -0.370 e. The van der Waals surface area contributed by atoms with Gasteiger partial charge in [0.2, 0.25) is 0 Å². The molecule has 3 nitrogen and oxygen atoms in total. The van der Waals surface area contributed by atoms with Gasteiger partial charge in [-0.05, 0) is 49.1 Å². The summed E-state index contributed by atoms with van der Waals surface area (Å²) >= 11 is 0. The highest BCUT2D eigenvalue weighted by Gasteiger charge is 2.32. The molecule has 1 aromatic heterocycles. The number of pyridine rings is 1. The van der Waals surface area contributed by atoms with Crippen molar-refractivity contribution in [1.82, 2.24) is 10.3 Å². The third-order valence-corrected chi connectivity index (χ3v) is 5.68. The fourth-order valence-corrected chi connectivity index (χ4v) is 4.21. The quantitative estimate of drug-likeness (QED) is 0.919. The second-order valence-corrected chi connectivity index (χ2v) is 7.20. The van der Waals surface area contributed by atoms with Crippen LogP contribution in [0.1, 0.15) is 50.5 Å². The van der Waals surface area contributed by atoms with Gasteiger partial charge in [-0.3, -0.25) is 4.98 Å². The van der Waals surface area contributed by atoms with Crippen molar-refractivity contribution in [2.24, 2.45) is 11.8 Å². The zero-order valence-corrected chi connectivity index (χ0v) is 12.9. The third kappa shape index (κ3) is 3.08. The van der Waals surface area contributed by atoms with Crippen LogP contribution in [0.3, 0.4) is 0 Å². The Morgan fingerprint density at radius 3 is 2.81 bits per heavy atom. The number of piperidine rings is 1. The molecular weight excluding hydrogens is 258 g/mol. The van der Waals surface area contributed by atoms with Crippen LogP contribution < -0.4 is 10.2 Å². The van der Waals surface area contributed by atoms with Crippen LogP contribution in [0.15, 0.2) is 18.5 Å². The Hall–Kier alpha value is -1.09. The highest BCUT2D eigenvalue weighted by Crippen LogP contribution is 2.38. The van der Waals surface area contributed by atoms with Crippen LogP contribution in [0.2, 0.25) is 0 Å². The normalized spacial score (nSPS) is 29.2. The maximum absolute atomic E-state index is 4.40. The zero-order chi connectivity index (χ0) is 14.1. The van der Waals surface area contributed by atoms with Gasteiger partial charge in [0.15, 0.2) is 0 Å². The first-order chi connectivity index (χ1) is 10.4. The minimum absolute atomic E-state index is 0.773. The van der Waals surface area contributed by atoms with E-state index in [1.165, 1.54) is 69.3 Å². The number of rotatable bonds is 4. The van der Waals surface area contributed by atoms with E-state index in [1.807, 2.05) is 6.20 Å². The lowest BCUT2D eigenvalue weighted by Crippen LogP contribution is -2.42. The molecule has 3 aliphatic rings. The van der Waals surface area contributed by atoms with E-state index in [4.69, 9.17) is 0 Å². The van der Waals surface area contributed by atoms with Gasteiger partial charge in [-0.15, -0.1) is 0 Å². The zero-order valence-electron chi connectivity index (χ0n) is 12.9. The van der Waals surface area contributed by atoms with E-state index < -0.39 is 0 Å². The SMILES string of the molecule is c1cc(CNC2CC2)c(N2CCC3CCCCC3C2)cn1. The predicted molar refractivity (Wildman–Crippen MR) is 86.4 cm³/mol. The topological polar surface area (TPSA) is 28.2 Å². The summed E-state index contributed by atoms with van der Waals surface area (Å²) in [6.07, 6.45) is 14.0. The van der Waals surface area contributed by atoms with Gasteiger partial charge in [-0.1, -0.05) is 19.3 Å². The van der Waals surface area contributed by atoms with E-state index in [1.54, 1.807) is 0 Å². The van der Waals surface area contributed by atoms with Gasteiger partial charge in [0.1, 0.15) is 0 Å². The molecule has 2 heterocycles. The molecule has 21 heavy (non-hydrogen) atoms. The molecule has 1 aromatic rings. The smallest absolute Gasteiger partial charge is 0.0598 e. The largest absolute Gasteiger partial charge is 0.370 e. The van der Waals surface area contributed by atoms with Crippen molar-refractivity contribution >= 4 is 5.69 Å². The van der Waals surface area contributed by atoms with Crippen LogP contribution >= 0.6 is 0 Å². The Morgan fingerprint density at radius 1 is 1.10 bits per heavy atom. The van der Waals surface area contributed by atoms with Crippen molar-refractivity contribution in [3.8, 4) is 0 Å². The number of hydrogen-bond acceptors (Lipinski definition) is 3. The van der Waals surface area contributed by atoms with Crippen molar-refractivity contribution in [2.45, 2.75) is 57.5 Å². The van der Waals surface area contributed by atoms with Gasteiger partial charge in [-0.2, -0.15) is 0 Å². The van der Waals surface area contributed by atoms with Crippen LogP contribution in [0.25, 0.3) is 0 Å². The van der Waals surface area contributed by atoms with E-state index in [-0.39, 0.29) is 0 Å². The van der Waals surface area contributed by atoms with Gasteiger partial charge < -0.3 is 10.2 Å². The molecule has 0 amide bonds. The number of hydrogen-bond donors (Lipinski definition) is 1. The van der Waals surface area contributed by atoms with Crippen LogP contribution in [-0.4, -0.2) is 24.1 Å². The standard InChI is InChI=1S/C18H27N3/c1-2-4-16-13-21(10-8-14(16)3-1)18-12-19-9-7-15(18)11-20-17-5-6-17/h7,9,12,14,16-17,20H,1-6,8,10-11,13H2. The maximum Gasteiger partial charge on any atom is 0.0598 e. The molecule has 1 saturated heterocycles. The molecule has 4 rings (SSSR count). The highest BCUT2D eigenvalue weighted by molar-refractivity contribution is 5.52. The minimum atomic E-state index is 0.773. The Labute approximate surface area is 128 Å². The summed E-state index contributed by atoms with van der Waals surface area (Å²) < 4.78 is 0. The predicted octanol–water partition coefficient (Wildman–Crippen LogP) is 3.35. The lowest BCUT2D eigenvalue weighted by Gasteiger charge is -2.42. The Kier molecular flexibility index (Phi) is 3.85. The van der Waals surface area contributed by atoms with E-state index in [9.17, 15) is 0 Å². The average Bonchev–Trinajstić information content (AvgIpc) is 3.37. The van der Waals surface area contributed by atoms with Crippen LogP contribution in [-0.2, 0) is 6.54 Å². The molecule has 0 spiro atoms. The first-order valence-electron chi connectivity index (χ1n) is 8.81. The molecule has 2 saturated carbocycles. The summed E-state index contributed by atoms with van der Waals surface area (Å²) in [5.74, 6) is 1.93. The fraction of sp³-hybridized carbons (Fsp3) is 0.722. The molecular formula is C18H27N3. The number of anilines is 1. The van der Waals surface area contributed by atoms with Crippen LogP contribution in [0, 0.1) is 11.8 Å². The summed E-state index contributed by atoms with van der Waals surface area (Å²) in [6.45, 7) is 3.49. The van der Waals surface area contributed by atoms with Crippen molar-refractivity contribution in [3.63, 3.8) is 0 Å². The Morgan fingerprint density at radius 2 is 1.95 bits per heavy atom. The lowest BCUT2D eigenvalue weighted by molar-refractivity contribution is 0.202. The van der Waals surface area contributed by atoms with Gasteiger partial charge in [-0.25, -0.2) is 0 Å². The second kappa shape index (κ2) is 5.96. The first-order valence-corrected chi connectivity index (χ1v) is 8.81. The summed E-state index contributed by atoms with van der Waals surface area (Å²) in [5, 5.41) is 3.65. The lowest BCUT2D eigenvalue weighted by atomic mass is 9.75. The summed E-state index contributed by atoms with van der Waals surface area (Å²) in [7, 11) is 0. The molecule has 3 heteroatoms. The molecule has 3 fully saturated rings. The number of nitrogens with zero attached hydrogens (tertiary/aromatic N) is 2. The third-order valence-electron chi connectivity index (χ3n) is 5.68. The van der Waals surface area contributed by atoms with E-state index in [2.05, 4.69) is 27.5 Å². The molecule has 0 radical (unpaired) electrons. The van der Waals surface area contributed by atoms with Gasteiger partial charge in [0.05, 0.1) is 11.9 Å². The maximum atomic E-state index is 4.40. The van der Waals surface area contributed by atoms with Gasteiger partial charge in [0.25, 0.3) is 0 Å². The fourth-order valence-electron chi connectivity index (χ4n) is 4.21. The highest BCUT2D eigenvalue weighted by atomic mass is 15.2. The van der Waals surface area contributed by atoms with Gasteiger partial charge >= 0.3 is 0 Å². The van der Waals surface area contributed by atoms with Crippen LogP contribution in [0.5, 0.6) is 0 Å². The first kappa shape index (κ1) is 13.6. The second-order valence-electron chi connectivity index (χ2n) is 7.20. The number of aromatic nitrogens is 1. The van der Waals surface area contributed by atoms with Crippen LogP contribution in [0.4, 0.5) is 5.69 Å². The average molecular weight is 285 g/mol. The van der Waals surface area contributed by atoms with E-state index in [0.717, 1.165) is 24.4 Å². The van der Waals surface area contributed by atoms with Crippen molar-refractivity contribution in [3.05, 3.63) is 24.0 Å². The monoisotopic (exact) mass is 285 g/mol. The molecule has 1 N–H and O–H groups in total. The molecule has 0 aromatic carbocycles. The molecule has 2 atom stereocenters. The molecule has 114 valence electrons. The van der Waals surface area contributed by atoms with Crippen molar-refractivity contribution in [1.29, 1.82) is 0 Å². The van der Waals surface area contributed by atoms with Gasteiger partial charge in [0, 0.05) is 31.9 Å². The Balaban J connectivity index is 1.47. The molecule has 2 aliphatic carbocycles. The summed E-state index contributed by atoms with van der Waals surface area (Å²) in [6, 6.07) is 2.98. The Bertz CT molecular complexity index is 483. The molecule has 2 unspecified atom stereocenters. The summed E-state index contributed by atoms with van der Waals surface area (Å²) in [5.41, 5.74) is 2.82.